The third-order valence-electron chi connectivity index (χ3n) is 4.15. The van der Waals surface area contributed by atoms with Gasteiger partial charge in [0.25, 0.3) is 0 Å². The molecular formula is C15H23FN2O2S. The summed E-state index contributed by atoms with van der Waals surface area (Å²) in [6.45, 7) is 4.17. The van der Waals surface area contributed by atoms with Gasteiger partial charge < -0.3 is 5.32 Å². The van der Waals surface area contributed by atoms with E-state index < -0.39 is 15.8 Å². The quantitative estimate of drug-likeness (QED) is 0.906. The van der Waals surface area contributed by atoms with Gasteiger partial charge in [-0.15, -0.1) is 0 Å². The molecule has 0 unspecified atom stereocenters. The molecule has 0 aromatic heterocycles. The van der Waals surface area contributed by atoms with Crippen LogP contribution in [0.2, 0.25) is 0 Å². The molecule has 1 saturated heterocycles. The van der Waals surface area contributed by atoms with Gasteiger partial charge in [-0.05, 0) is 62.9 Å². The fraction of sp³-hybridized carbons (Fsp3) is 0.600. The van der Waals surface area contributed by atoms with Crippen LogP contribution in [0.15, 0.2) is 23.1 Å². The van der Waals surface area contributed by atoms with Crippen LogP contribution in [0.3, 0.4) is 0 Å². The van der Waals surface area contributed by atoms with Crippen molar-refractivity contribution in [3.63, 3.8) is 0 Å². The molecule has 4 nitrogen and oxygen atoms in total. The first kappa shape index (κ1) is 16.4. The van der Waals surface area contributed by atoms with Crippen LogP contribution in [0.4, 0.5) is 4.39 Å². The van der Waals surface area contributed by atoms with Gasteiger partial charge in [-0.25, -0.2) is 17.1 Å². The molecule has 0 amide bonds. The van der Waals surface area contributed by atoms with Gasteiger partial charge in [-0.3, -0.25) is 0 Å². The molecule has 1 fully saturated rings. The van der Waals surface area contributed by atoms with Crippen LogP contribution in [0.25, 0.3) is 0 Å². The Morgan fingerprint density at radius 2 is 2.00 bits per heavy atom. The van der Waals surface area contributed by atoms with E-state index in [0.29, 0.717) is 18.0 Å². The van der Waals surface area contributed by atoms with E-state index in [2.05, 4.69) is 5.32 Å². The Morgan fingerprint density at radius 3 is 2.67 bits per heavy atom. The van der Waals surface area contributed by atoms with E-state index in [1.165, 1.54) is 16.4 Å². The maximum absolute atomic E-state index is 13.3. The van der Waals surface area contributed by atoms with Crippen LogP contribution in [-0.2, 0) is 10.0 Å². The molecule has 6 heteroatoms. The van der Waals surface area contributed by atoms with E-state index in [1.807, 2.05) is 0 Å². The molecule has 0 saturated carbocycles. The number of nitrogens with one attached hydrogen (secondary N) is 1. The van der Waals surface area contributed by atoms with Crippen molar-refractivity contribution >= 4 is 10.0 Å². The third-order valence-corrected chi connectivity index (χ3v) is 6.15. The molecule has 2 rings (SSSR count). The lowest BCUT2D eigenvalue weighted by Crippen LogP contribution is -2.33. The Balaban J connectivity index is 2.05. The van der Waals surface area contributed by atoms with Crippen molar-refractivity contribution in [3.8, 4) is 0 Å². The van der Waals surface area contributed by atoms with Crippen LogP contribution in [0, 0.1) is 18.7 Å². The molecule has 1 aliphatic heterocycles. The van der Waals surface area contributed by atoms with Crippen LogP contribution >= 0.6 is 0 Å². The van der Waals surface area contributed by atoms with Crippen molar-refractivity contribution in [1.29, 1.82) is 0 Å². The van der Waals surface area contributed by atoms with E-state index in [-0.39, 0.29) is 4.90 Å². The van der Waals surface area contributed by atoms with Crippen molar-refractivity contribution < 1.29 is 12.8 Å². The molecule has 1 aliphatic rings. The van der Waals surface area contributed by atoms with Crippen LogP contribution in [0.5, 0.6) is 0 Å². The molecule has 118 valence electrons. The van der Waals surface area contributed by atoms with E-state index in [9.17, 15) is 12.8 Å². The smallest absolute Gasteiger partial charge is 0.243 e. The van der Waals surface area contributed by atoms with Crippen molar-refractivity contribution in [2.45, 2.75) is 31.1 Å². The fourth-order valence-electron chi connectivity index (χ4n) is 2.67. The van der Waals surface area contributed by atoms with Gasteiger partial charge in [-0.1, -0.05) is 6.07 Å². The van der Waals surface area contributed by atoms with Gasteiger partial charge in [-0.2, -0.15) is 0 Å². The molecule has 0 bridgehead atoms. The lowest BCUT2D eigenvalue weighted by atomic mass is 9.95. The van der Waals surface area contributed by atoms with Gasteiger partial charge in [0.05, 0.1) is 4.90 Å². The second kappa shape index (κ2) is 6.85. The SMILES string of the molecule is Cc1ccc(F)cc1S(=O)(=O)N(C)CCC1CCNCC1. The second-order valence-electron chi connectivity index (χ2n) is 5.72. The number of hydrogen-bond acceptors (Lipinski definition) is 3. The van der Waals surface area contributed by atoms with Gasteiger partial charge in [0.2, 0.25) is 10.0 Å². The predicted octanol–water partition coefficient (Wildman–Crippen LogP) is 2.14. The fourth-order valence-corrected chi connectivity index (χ4v) is 4.09. The van der Waals surface area contributed by atoms with Crippen molar-refractivity contribution in [2.75, 3.05) is 26.7 Å². The van der Waals surface area contributed by atoms with Crippen LogP contribution in [0.1, 0.15) is 24.8 Å². The number of sulfonamides is 1. The predicted molar refractivity (Wildman–Crippen MR) is 81.2 cm³/mol. The Labute approximate surface area is 126 Å². The van der Waals surface area contributed by atoms with Gasteiger partial charge in [0.1, 0.15) is 5.82 Å². The summed E-state index contributed by atoms with van der Waals surface area (Å²) in [5.41, 5.74) is 0.574. The summed E-state index contributed by atoms with van der Waals surface area (Å²) < 4.78 is 39.7. The largest absolute Gasteiger partial charge is 0.317 e. The number of rotatable bonds is 5. The molecule has 1 aromatic rings. The summed E-state index contributed by atoms with van der Waals surface area (Å²) in [5, 5.41) is 3.30. The number of nitrogens with zero attached hydrogens (tertiary/aromatic N) is 1. The molecular weight excluding hydrogens is 291 g/mol. The molecule has 0 spiro atoms. The van der Waals surface area contributed by atoms with E-state index in [1.54, 1.807) is 14.0 Å². The highest BCUT2D eigenvalue weighted by Gasteiger charge is 2.24. The second-order valence-corrected chi connectivity index (χ2v) is 7.73. The third kappa shape index (κ3) is 4.02. The highest BCUT2D eigenvalue weighted by molar-refractivity contribution is 7.89. The van der Waals surface area contributed by atoms with E-state index >= 15 is 0 Å². The first-order chi connectivity index (χ1) is 9.91. The Hall–Kier alpha value is -0.980. The minimum Gasteiger partial charge on any atom is -0.317 e. The molecule has 21 heavy (non-hydrogen) atoms. The van der Waals surface area contributed by atoms with Crippen molar-refractivity contribution in [3.05, 3.63) is 29.6 Å². The monoisotopic (exact) mass is 314 g/mol. The highest BCUT2D eigenvalue weighted by Crippen LogP contribution is 2.22. The topological polar surface area (TPSA) is 49.4 Å². The van der Waals surface area contributed by atoms with Gasteiger partial charge in [0.15, 0.2) is 0 Å². The Bertz CT molecular complexity index is 583. The first-order valence-corrected chi connectivity index (χ1v) is 8.78. The Morgan fingerprint density at radius 1 is 1.33 bits per heavy atom. The van der Waals surface area contributed by atoms with Crippen molar-refractivity contribution in [1.82, 2.24) is 9.62 Å². The highest BCUT2D eigenvalue weighted by atomic mass is 32.2. The average molecular weight is 314 g/mol. The molecule has 0 aliphatic carbocycles. The summed E-state index contributed by atoms with van der Waals surface area (Å²) in [5.74, 6) is 0.0448. The normalized spacial score (nSPS) is 17.3. The van der Waals surface area contributed by atoms with E-state index in [4.69, 9.17) is 0 Å². The Kier molecular flexibility index (Phi) is 5.35. The minimum absolute atomic E-state index is 0.0651. The lowest BCUT2D eigenvalue weighted by molar-refractivity contribution is 0.326. The standard InChI is InChI=1S/C15H23FN2O2S/c1-12-3-4-14(16)11-15(12)21(19,20)18(2)10-7-13-5-8-17-9-6-13/h3-4,11,13,17H,5-10H2,1-2H3. The van der Waals surface area contributed by atoms with Gasteiger partial charge >= 0.3 is 0 Å². The molecule has 0 radical (unpaired) electrons. The molecule has 1 N–H and O–H groups in total. The van der Waals surface area contributed by atoms with Crippen LogP contribution in [-0.4, -0.2) is 39.4 Å². The zero-order valence-electron chi connectivity index (χ0n) is 12.6. The number of aryl methyl sites for hydroxylation is 1. The summed E-state index contributed by atoms with van der Waals surface area (Å²) in [4.78, 5) is 0.0651. The minimum atomic E-state index is -3.62. The average Bonchev–Trinajstić information content (AvgIpc) is 2.48. The number of benzene rings is 1. The number of hydrogen-bond donors (Lipinski definition) is 1. The maximum Gasteiger partial charge on any atom is 0.243 e. The van der Waals surface area contributed by atoms with E-state index in [0.717, 1.165) is 38.4 Å². The van der Waals surface area contributed by atoms with Crippen LogP contribution < -0.4 is 5.32 Å². The zero-order chi connectivity index (χ0) is 15.5. The zero-order valence-corrected chi connectivity index (χ0v) is 13.4. The molecule has 0 atom stereocenters. The summed E-state index contributed by atoms with van der Waals surface area (Å²) in [6.07, 6.45) is 3.03. The molecule has 1 aromatic carbocycles. The molecule has 1 heterocycles. The van der Waals surface area contributed by atoms with Gasteiger partial charge in [0, 0.05) is 13.6 Å². The summed E-state index contributed by atoms with van der Waals surface area (Å²) in [7, 11) is -2.05. The van der Waals surface area contributed by atoms with Crippen molar-refractivity contribution in [2.24, 2.45) is 5.92 Å². The number of halogens is 1. The first-order valence-electron chi connectivity index (χ1n) is 7.34. The number of piperidine rings is 1. The maximum atomic E-state index is 13.3. The summed E-state index contributed by atoms with van der Waals surface area (Å²) >= 11 is 0. The summed E-state index contributed by atoms with van der Waals surface area (Å²) in [6, 6.07) is 3.89. The lowest BCUT2D eigenvalue weighted by Gasteiger charge is -2.25.